The van der Waals surface area contributed by atoms with E-state index < -0.39 is 6.04 Å². The van der Waals surface area contributed by atoms with E-state index in [9.17, 15) is 14.4 Å². The second-order valence-electron chi connectivity index (χ2n) is 7.70. The van der Waals surface area contributed by atoms with Gasteiger partial charge in [-0.05, 0) is 30.7 Å². The van der Waals surface area contributed by atoms with E-state index in [2.05, 4.69) is 10.6 Å². The lowest BCUT2D eigenvalue weighted by atomic mass is 10.0. The Hall–Kier alpha value is -2.12. The first-order valence-corrected chi connectivity index (χ1v) is 10.0. The van der Waals surface area contributed by atoms with Gasteiger partial charge in [0.1, 0.15) is 0 Å². The summed E-state index contributed by atoms with van der Waals surface area (Å²) in [5, 5.41) is 5.50. The number of nitrogens with two attached hydrogens (primary N) is 1. The summed E-state index contributed by atoms with van der Waals surface area (Å²) < 4.78 is 0. The van der Waals surface area contributed by atoms with Gasteiger partial charge in [0.2, 0.25) is 17.7 Å². The zero-order valence-corrected chi connectivity index (χ0v) is 18.0. The highest BCUT2D eigenvalue weighted by atomic mass is 35.5. The van der Waals surface area contributed by atoms with Crippen molar-refractivity contribution in [3.8, 4) is 0 Å². The van der Waals surface area contributed by atoms with Gasteiger partial charge in [0.25, 0.3) is 0 Å². The average molecular weight is 425 g/mol. The molecule has 162 valence electrons. The van der Waals surface area contributed by atoms with Gasteiger partial charge >= 0.3 is 0 Å². The predicted molar refractivity (Wildman–Crippen MR) is 116 cm³/mol. The zero-order chi connectivity index (χ0) is 20.5. The van der Waals surface area contributed by atoms with Crippen LogP contribution in [0.1, 0.15) is 38.7 Å². The molecule has 8 heteroatoms. The van der Waals surface area contributed by atoms with Crippen molar-refractivity contribution in [1.82, 2.24) is 15.5 Å². The van der Waals surface area contributed by atoms with Crippen molar-refractivity contribution >= 4 is 30.1 Å². The number of halogens is 1. The van der Waals surface area contributed by atoms with E-state index in [4.69, 9.17) is 5.73 Å². The minimum absolute atomic E-state index is 0. The van der Waals surface area contributed by atoms with Gasteiger partial charge in [-0.3, -0.25) is 14.4 Å². The lowest BCUT2D eigenvalue weighted by Gasteiger charge is -2.32. The summed E-state index contributed by atoms with van der Waals surface area (Å²) in [5.41, 5.74) is 6.92. The first-order chi connectivity index (χ1) is 13.4. The molecule has 1 aliphatic heterocycles. The number of benzene rings is 1. The maximum atomic E-state index is 12.4. The molecule has 0 aromatic heterocycles. The van der Waals surface area contributed by atoms with Gasteiger partial charge in [0.15, 0.2) is 0 Å². The fraction of sp³-hybridized carbons (Fsp3) is 0.571. The van der Waals surface area contributed by atoms with Crippen LogP contribution in [0.3, 0.4) is 0 Å². The molecule has 7 nitrogen and oxygen atoms in total. The van der Waals surface area contributed by atoms with Crippen LogP contribution < -0.4 is 16.4 Å². The Morgan fingerprint density at radius 2 is 1.76 bits per heavy atom. The monoisotopic (exact) mass is 424 g/mol. The number of amides is 3. The third-order valence-corrected chi connectivity index (χ3v) is 5.13. The number of likely N-dealkylation sites (tertiary alicyclic amines) is 1. The smallest absolute Gasteiger partial charge is 0.239 e. The molecule has 1 aromatic carbocycles. The van der Waals surface area contributed by atoms with Crippen LogP contribution in [0.5, 0.6) is 0 Å². The minimum Gasteiger partial charge on any atom is -0.352 e. The number of hydrogen-bond donors (Lipinski definition) is 3. The topological polar surface area (TPSA) is 105 Å². The maximum absolute atomic E-state index is 12.4. The number of rotatable bonds is 8. The Morgan fingerprint density at radius 1 is 1.14 bits per heavy atom. The van der Waals surface area contributed by atoms with Crippen LogP contribution in [0.15, 0.2) is 30.3 Å². The molecule has 1 aliphatic rings. The molecule has 1 saturated heterocycles. The number of aryl methyl sites for hydroxylation is 1. The van der Waals surface area contributed by atoms with E-state index in [-0.39, 0.29) is 48.6 Å². The van der Waals surface area contributed by atoms with Gasteiger partial charge in [0, 0.05) is 25.6 Å². The Morgan fingerprint density at radius 3 is 2.34 bits per heavy atom. The normalized spacial score (nSPS) is 15.4. The molecule has 0 radical (unpaired) electrons. The SMILES string of the molecule is CC(C)[C@H](N)C(=O)NCC(=O)NC1CCN(C(=O)CCc2ccccc2)CC1.Cl. The molecule has 3 amide bonds. The van der Waals surface area contributed by atoms with Crippen LogP contribution in [0.25, 0.3) is 0 Å². The number of nitrogens with zero attached hydrogens (tertiary/aromatic N) is 1. The van der Waals surface area contributed by atoms with Crippen molar-refractivity contribution in [2.75, 3.05) is 19.6 Å². The first-order valence-electron chi connectivity index (χ1n) is 10.0. The van der Waals surface area contributed by atoms with Crippen molar-refractivity contribution in [2.45, 2.75) is 51.6 Å². The number of hydrogen-bond acceptors (Lipinski definition) is 4. The third kappa shape index (κ3) is 8.41. The second kappa shape index (κ2) is 12.4. The fourth-order valence-electron chi connectivity index (χ4n) is 3.19. The van der Waals surface area contributed by atoms with E-state index >= 15 is 0 Å². The van der Waals surface area contributed by atoms with Crippen LogP contribution in [0.4, 0.5) is 0 Å². The van der Waals surface area contributed by atoms with Crippen LogP contribution in [-0.2, 0) is 20.8 Å². The molecule has 1 heterocycles. The molecule has 0 saturated carbocycles. The van der Waals surface area contributed by atoms with Gasteiger partial charge in [-0.25, -0.2) is 0 Å². The molecule has 2 rings (SSSR count). The molecule has 29 heavy (non-hydrogen) atoms. The number of nitrogens with one attached hydrogen (secondary N) is 2. The highest BCUT2D eigenvalue weighted by Gasteiger charge is 2.24. The molecular weight excluding hydrogens is 392 g/mol. The predicted octanol–water partition coefficient (Wildman–Crippen LogP) is 1.25. The van der Waals surface area contributed by atoms with Crippen LogP contribution in [-0.4, -0.2) is 54.3 Å². The van der Waals surface area contributed by atoms with Crippen molar-refractivity contribution in [3.05, 3.63) is 35.9 Å². The molecule has 1 fully saturated rings. The Labute approximate surface area is 179 Å². The minimum atomic E-state index is -0.613. The third-order valence-electron chi connectivity index (χ3n) is 5.13. The fourth-order valence-corrected chi connectivity index (χ4v) is 3.19. The lowest BCUT2D eigenvalue weighted by molar-refractivity contribution is -0.132. The summed E-state index contributed by atoms with van der Waals surface area (Å²) in [6.07, 6.45) is 2.70. The van der Waals surface area contributed by atoms with Crippen molar-refractivity contribution in [3.63, 3.8) is 0 Å². The van der Waals surface area contributed by atoms with E-state index in [1.54, 1.807) is 0 Å². The van der Waals surface area contributed by atoms with Crippen LogP contribution >= 0.6 is 12.4 Å². The summed E-state index contributed by atoms with van der Waals surface area (Å²) in [7, 11) is 0. The Balaban J connectivity index is 0.00000420. The number of carbonyl (C=O) groups is 3. The molecule has 0 bridgehead atoms. The summed E-state index contributed by atoms with van der Waals surface area (Å²) in [6, 6.07) is 9.40. The molecule has 0 spiro atoms. The van der Waals surface area contributed by atoms with Gasteiger partial charge in [-0.15, -0.1) is 12.4 Å². The average Bonchev–Trinajstić information content (AvgIpc) is 2.70. The van der Waals surface area contributed by atoms with Crippen molar-refractivity contribution in [2.24, 2.45) is 11.7 Å². The molecule has 0 unspecified atom stereocenters. The standard InChI is InChI=1S/C21H32N4O3.ClH/c1-15(2)20(22)21(28)23-14-18(26)24-17-10-12-25(13-11-17)19(27)9-8-16-6-4-3-5-7-16;/h3-7,15,17,20H,8-14,22H2,1-2H3,(H,23,28)(H,24,26);1H/t20-;/m0./s1. The summed E-state index contributed by atoms with van der Waals surface area (Å²) >= 11 is 0. The molecule has 1 atom stereocenters. The van der Waals surface area contributed by atoms with Crippen molar-refractivity contribution in [1.29, 1.82) is 0 Å². The summed E-state index contributed by atoms with van der Waals surface area (Å²) in [6.45, 7) is 4.93. The van der Waals surface area contributed by atoms with Gasteiger partial charge in [-0.1, -0.05) is 44.2 Å². The largest absolute Gasteiger partial charge is 0.352 e. The van der Waals surface area contributed by atoms with E-state index in [0.29, 0.717) is 19.5 Å². The molecular formula is C21H33ClN4O3. The van der Waals surface area contributed by atoms with Crippen LogP contribution in [0, 0.1) is 5.92 Å². The number of carbonyl (C=O) groups excluding carboxylic acids is 3. The lowest BCUT2D eigenvalue weighted by Crippen LogP contribution is -2.50. The van der Waals surface area contributed by atoms with Crippen molar-refractivity contribution < 1.29 is 14.4 Å². The molecule has 4 N–H and O–H groups in total. The van der Waals surface area contributed by atoms with Gasteiger partial charge < -0.3 is 21.3 Å². The first kappa shape index (κ1) is 24.9. The Bertz CT molecular complexity index is 661. The zero-order valence-electron chi connectivity index (χ0n) is 17.2. The number of piperidine rings is 1. The quantitative estimate of drug-likeness (QED) is 0.584. The summed E-state index contributed by atoms with van der Waals surface area (Å²) in [4.78, 5) is 38.1. The molecule has 0 aliphatic carbocycles. The Kier molecular flexibility index (Phi) is 10.7. The highest BCUT2D eigenvalue weighted by molar-refractivity contribution is 5.87. The highest BCUT2D eigenvalue weighted by Crippen LogP contribution is 2.13. The summed E-state index contributed by atoms with van der Waals surface area (Å²) in [5.74, 6) is -0.363. The molecule has 1 aromatic rings. The van der Waals surface area contributed by atoms with E-state index in [1.807, 2.05) is 49.1 Å². The van der Waals surface area contributed by atoms with Gasteiger partial charge in [-0.2, -0.15) is 0 Å². The van der Waals surface area contributed by atoms with E-state index in [0.717, 1.165) is 24.8 Å². The van der Waals surface area contributed by atoms with Crippen LogP contribution in [0.2, 0.25) is 0 Å². The second-order valence-corrected chi connectivity index (χ2v) is 7.70. The maximum Gasteiger partial charge on any atom is 0.239 e. The van der Waals surface area contributed by atoms with E-state index in [1.165, 1.54) is 0 Å². The van der Waals surface area contributed by atoms with Gasteiger partial charge in [0.05, 0.1) is 12.6 Å².